The lowest BCUT2D eigenvalue weighted by atomic mass is 9.97. The summed E-state index contributed by atoms with van der Waals surface area (Å²) >= 11 is 0. The third-order valence-corrected chi connectivity index (χ3v) is 3.04. The summed E-state index contributed by atoms with van der Waals surface area (Å²) in [4.78, 5) is 12.1. The van der Waals surface area contributed by atoms with E-state index in [0.29, 0.717) is 0 Å². The molecule has 0 bridgehead atoms. The maximum absolute atomic E-state index is 12.1. The summed E-state index contributed by atoms with van der Waals surface area (Å²) in [6, 6.07) is 7.49. The first-order valence-electron chi connectivity index (χ1n) is 6.29. The van der Waals surface area contributed by atoms with Crippen LogP contribution >= 0.6 is 0 Å². The average molecular weight is 233 g/mol. The van der Waals surface area contributed by atoms with E-state index in [1.807, 2.05) is 24.3 Å². The quantitative estimate of drug-likeness (QED) is 0.793. The summed E-state index contributed by atoms with van der Waals surface area (Å²) in [5.41, 5.74) is 0.794. The highest BCUT2D eigenvalue weighted by atomic mass is 16.5. The van der Waals surface area contributed by atoms with Crippen molar-refractivity contribution in [2.24, 2.45) is 5.92 Å². The summed E-state index contributed by atoms with van der Waals surface area (Å²) in [6.45, 7) is 4.56. The maximum Gasteiger partial charge on any atom is 0.167 e. The predicted molar refractivity (Wildman–Crippen MR) is 67.5 cm³/mol. The van der Waals surface area contributed by atoms with Gasteiger partial charge < -0.3 is 10.1 Å². The summed E-state index contributed by atoms with van der Waals surface area (Å²) < 4.78 is 5.49. The van der Waals surface area contributed by atoms with Gasteiger partial charge in [0.1, 0.15) is 5.75 Å². The number of ether oxygens (including phenoxy) is 1. The van der Waals surface area contributed by atoms with Crippen LogP contribution in [0.2, 0.25) is 0 Å². The minimum atomic E-state index is 0.150. The van der Waals surface area contributed by atoms with Gasteiger partial charge in [0.15, 0.2) is 5.78 Å². The monoisotopic (exact) mass is 233 g/mol. The van der Waals surface area contributed by atoms with Crippen LogP contribution < -0.4 is 10.1 Å². The Labute approximate surface area is 102 Å². The molecule has 1 N–H and O–H groups in total. The molecular formula is C14H19NO2. The van der Waals surface area contributed by atoms with Crippen molar-refractivity contribution < 1.29 is 9.53 Å². The molecule has 3 heteroatoms. The van der Waals surface area contributed by atoms with E-state index in [0.717, 1.165) is 43.9 Å². The molecule has 1 aliphatic rings. The second kappa shape index (κ2) is 5.82. The lowest BCUT2D eigenvalue weighted by Gasteiger charge is -2.08. The first kappa shape index (κ1) is 12.1. The molecule has 0 saturated carbocycles. The Morgan fingerprint density at radius 1 is 1.41 bits per heavy atom. The average Bonchev–Trinajstić information content (AvgIpc) is 2.90. The molecular weight excluding hydrogens is 214 g/mol. The van der Waals surface area contributed by atoms with Crippen LogP contribution in [0.5, 0.6) is 5.75 Å². The van der Waals surface area contributed by atoms with Crippen LogP contribution in [0.3, 0.4) is 0 Å². The Morgan fingerprint density at radius 2 is 2.18 bits per heavy atom. The molecule has 92 valence electrons. The van der Waals surface area contributed by atoms with Gasteiger partial charge in [0.2, 0.25) is 0 Å². The molecule has 1 saturated heterocycles. The number of carbonyl (C=O) groups is 1. The van der Waals surface area contributed by atoms with Crippen LogP contribution in [0.4, 0.5) is 0 Å². The molecule has 1 heterocycles. The molecule has 0 radical (unpaired) electrons. The molecule has 1 aliphatic heterocycles. The van der Waals surface area contributed by atoms with E-state index < -0.39 is 0 Å². The normalized spacial score (nSPS) is 19.2. The third kappa shape index (κ3) is 3.07. The van der Waals surface area contributed by atoms with Crippen LogP contribution in [0.15, 0.2) is 24.3 Å². The number of nitrogens with one attached hydrogen (secondary N) is 1. The molecule has 1 aromatic rings. The minimum Gasteiger partial charge on any atom is -0.494 e. The van der Waals surface area contributed by atoms with Gasteiger partial charge in [-0.15, -0.1) is 0 Å². The summed E-state index contributed by atoms with van der Waals surface area (Å²) in [6.07, 6.45) is 1.95. The first-order valence-corrected chi connectivity index (χ1v) is 6.29. The molecule has 3 nitrogen and oxygen atoms in total. The fraction of sp³-hybridized carbons (Fsp3) is 0.500. The van der Waals surface area contributed by atoms with Crippen LogP contribution in [-0.4, -0.2) is 25.5 Å². The van der Waals surface area contributed by atoms with Crippen molar-refractivity contribution in [2.75, 3.05) is 19.7 Å². The Hall–Kier alpha value is -1.35. The second-order valence-electron chi connectivity index (χ2n) is 4.43. The number of carbonyl (C=O) groups excluding carboxylic acids is 1. The van der Waals surface area contributed by atoms with Crippen LogP contribution in [0, 0.1) is 5.92 Å². The molecule has 1 atom stereocenters. The standard InChI is InChI=1S/C14H19NO2/c1-2-9-17-13-5-3-11(4-6-13)14(16)12-7-8-15-10-12/h3-6,12,15H,2,7-10H2,1H3. The summed E-state index contributed by atoms with van der Waals surface area (Å²) in [5, 5.41) is 3.22. The van der Waals surface area contributed by atoms with E-state index >= 15 is 0 Å². The molecule has 1 aromatic carbocycles. The van der Waals surface area contributed by atoms with Crippen molar-refractivity contribution in [3.8, 4) is 5.75 Å². The van der Waals surface area contributed by atoms with Gasteiger partial charge in [-0.1, -0.05) is 6.92 Å². The zero-order chi connectivity index (χ0) is 12.1. The van der Waals surface area contributed by atoms with E-state index in [2.05, 4.69) is 12.2 Å². The van der Waals surface area contributed by atoms with Gasteiger partial charge in [-0.05, 0) is 43.7 Å². The molecule has 0 amide bonds. The smallest absolute Gasteiger partial charge is 0.167 e. The van der Waals surface area contributed by atoms with Gasteiger partial charge in [-0.2, -0.15) is 0 Å². The Kier molecular flexibility index (Phi) is 4.15. The van der Waals surface area contributed by atoms with Crippen LogP contribution in [0.1, 0.15) is 30.1 Å². The van der Waals surface area contributed by atoms with Crippen LogP contribution in [0.25, 0.3) is 0 Å². The third-order valence-electron chi connectivity index (χ3n) is 3.04. The Bertz CT molecular complexity index is 366. The number of rotatable bonds is 5. The highest BCUT2D eigenvalue weighted by molar-refractivity contribution is 5.98. The van der Waals surface area contributed by atoms with E-state index in [1.165, 1.54) is 0 Å². The Morgan fingerprint density at radius 3 is 2.76 bits per heavy atom. The zero-order valence-corrected chi connectivity index (χ0v) is 10.2. The first-order chi connectivity index (χ1) is 8.31. The molecule has 1 fully saturated rings. The van der Waals surface area contributed by atoms with E-state index in [1.54, 1.807) is 0 Å². The maximum atomic E-state index is 12.1. The number of Topliss-reactive ketones (excluding diaryl/α,β-unsaturated/α-hetero) is 1. The van der Waals surface area contributed by atoms with Gasteiger partial charge in [-0.25, -0.2) is 0 Å². The molecule has 0 aliphatic carbocycles. The summed E-state index contributed by atoms with van der Waals surface area (Å²) in [5.74, 6) is 1.24. The summed E-state index contributed by atoms with van der Waals surface area (Å²) in [7, 11) is 0. The Balaban J connectivity index is 1.99. The van der Waals surface area contributed by atoms with Crippen molar-refractivity contribution >= 4 is 5.78 Å². The number of hydrogen-bond donors (Lipinski definition) is 1. The van der Waals surface area contributed by atoms with Crippen molar-refractivity contribution in [1.29, 1.82) is 0 Å². The molecule has 2 rings (SSSR count). The van der Waals surface area contributed by atoms with Crippen molar-refractivity contribution in [3.05, 3.63) is 29.8 Å². The number of hydrogen-bond acceptors (Lipinski definition) is 3. The second-order valence-corrected chi connectivity index (χ2v) is 4.43. The van der Waals surface area contributed by atoms with Gasteiger partial charge in [0.05, 0.1) is 6.61 Å². The fourth-order valence-corrected chi connectivity index (χ4v) is 2.05. The van der Waals surface area contributed by atoms with E-state index in [-0.39, 0.29) is 11.7 Å². The SMILES string of the molecule is CCCOc1ccc(C(=O)C2CCNC2)cc1. The van der Waals surface area contributed by atoms with Gasteiger partial charge in [0, 0.05) is 18.0 Å². The largest absolute Gasteiger partial charge is 0.494 e. The molecule has 1 unspecified atom stereocenters. The van der Waals surface area contributed by atoms with Gasteiger partial charge in [0.25, 0.3) is 0 Å². The van der Waals surface area contributed by atoms with E-state index in [4.69, 9.17) is 4.74 Å². The highest BCUT2D eigenvalue weighted by Crippen LogP contribution is 2.18. The van der Waals surface area contributed by atoms with Crippen molar-refractivity contribution in [2.45, 2.75) is 19.8 Å². The lowest BCUT2D eigenvalue weighted by molar-refractivity contribution is 0.0930. The number of benzene rings is 1. The lowest BCUT2D eigenvalue weighted by Crippen LogP contribution is -2.17. The molecule has 0 spiro atoms. The van der Waals surface area contributed by atoms with E-state index in [9.17, 15) is 4.79 Å². The van der Waals surface area contributed by atoms with Gasteiger partial charge in [-0.3, -0.25) is 4.79 Å². The zero-order valence-electron chi connectivity index (χ0n) is 10.2. The van der Waals surface area contributed by atoms with Gasteiger partial charge >= 0.3 is 0 Å². The minimum absolute atomic E-state index is 0.150. The fourth-order valence-electron chi connectivity index (χ4n) is 2.05. The number of ketones is 1. The highest BCUT2D eigenvalue weighted by Gasteiger charge is 2.23. The van der Waals surface area contributed by atoms with Crippen LogP contribution in [-0.2, 0) is 0 Å². The molecule has 17 heavy (non-hydrogen) atoms. The molecule has 0 aromatic heterocycles. The van der Waals surface area contributed by atoms with Crippen molar-refractivity contribution in [1.82, 2.24) is 5.32 Å². The van der Waals surface area contributed by atoms with Crippen molar-refractivity contribution in [3.63, 3.8) is 0 Å². The topological polar surface area (TPSA) is 38.3 Å². The predicted octanol–water partition coefficient (Wildman–Crippen LogP) is 2.27.